The van der Waals surface area contributed by atoms with Crippen molar-refractivity contribution < 1.29 is 80.5 Å². The molecule has 0 bridgehead atoms. The second kappa shape index (κ2) is 35.0. The first-order chi connectivity index (χ1) is 51.9. The molecule has 4 fully saturated rings. The fraction of sp³-hybridized carbons (Fsp3) is 0.467. The molecule has 0 saturated carbocycles. The number of hydrogen-bond donors (Lipinski definition) is 6. The first-order valence-electron chi connectivity index (χ1n) is 36.1. The van der Waals surface area contributed by atoms with Crippen LogP contribution in [0.25, 0.3) is 11.3 Å². The lowest BCUT2D eigenvalue weighted by atomic mass is 9.97. The quantitative estimate of drug-likeness (QED) is 0.0229. The van der Waals surface area contributed by atoms with Gasteiger partial charge in [-0.05, 0) is 176 Å². The Kier molecular flexibility index (Phi) is 26.9. The molecule has 0 aliphatic carbocycles. The third-order valence-corrected chi connectivity index (χ3v) is 22.6. The number of nitrogens with one attached hydrogen (secondary N) is 4. The van der Waals surface area contributed by atoms with E-state index in [2.05, 4.69) is 116 Å². The maximum absolute atomic E-state index is 14.5. The van der Waals surface area contributed by atoms with Gasteiger partial charge >= 0.3 is 16.6 Å². The number of nitrogens with zero attached hydrogens (tertiary/aromatic N) is 9. The molecule has 11 rings (SSSR count). The number of hydrogen-bond acceptors (Lipinski definition) is 24. The number of benzene rings is 2. The summed E-state index contributed by atoms with van der Waals surface area (Å²) in [5.74, 6) is -2.12. The van der Waals surface area contributed by atoms with Gasteiger partial charge in [-0.3, -0.25) is 19.4 Å². The van der Waals surface area contributed by atoms with E-state index in [0.717, 1.165) is 35.7 Å². The zero-order chi connectivity index (χ0) is 81.3. The molecule has 2 aromatic carbocycles. The Morgan fingerprint density at radius 2 is 1.20 bits per heavy atom. The first-order valence-corrected chi connectivity index (χ1v) is 40.5. The Bertz CT molecular complexity index is 4870. The Morgan fingerprint density at radius 1 is 0.631 bits per heavy atom. The molecule has 7 aromatic rings. The van der Waals surface area contributed by atoms with E-state index >= 15 is 0 Å². The Hall–Kier alpha value is -9.62. The standard InChI is InChI=1S/C28H34FN5O4S.C25H31F4N5O4S.C22H31N5O5S/c1-17(2)16-38-21-10-19(9-20(29)11-21)23-12-24(34-15-18(3)13-28(34,4)5)22(14-31-23)27(35)33-39(36,37)26-8-6-7-25(30)32-26;1-16-12-24(2,3)34(14-16)22-19(5-4-9-30-22)23(35)32-39(36,37)33-10-8-18(15-33)31-13-17-6-7-20(26)21(11-17)38-25(27,28)29;1-5-31-11-12-32-18-10-9-16(20(25-18)27-14-15(2)13-22(27,3)4)21(28)26-33(29,30)19-8-6-7-17(23)24-19/h6-12,14,17-18H,13,15-16H2,1-5H3,(H2,30,32)(H,33,35);4-7,9,11,16,18,31H,8,10,12-15H2,1-3H3,(H,32,35);6-10,15H,5,11-14H2,1-4H3,(H2,23,24)(H,26,28)/t18-;16-,18+;15-/m000/s1. The average molecular weight is 1610 g/mol. The molecular formula is C75H96F5N15O13S3. The fourth-order valence-electron chi connectivity index (χ4n) is 14.1. The fourth-order valence-corrected chi connectivity index (χ4v) is 17.2. The number of halogens is 5. The van der Waals surface area contributed by atoms with Gasteiger partial charge in [0.25, 0.3) is 37.8 Å². The Morgan fingerprint density at radius 3 is 1.76 bits per heavy atom. The molecule has 4 atom stereocenters. The highest BCUT2D eigenvalue weighted by Gasteiger charge is 2.43. The summed E-state index contributed by atoms with van der Waals surface area (Å²) in [6, 6.07) is 23.4. The smallest absolute Gasteiger partial charge is 0.493 e. The van der Waals surface area contributed by atoms with Gasteiger partial charge in [0.2, 0.25) is 5.88 Å². The van der Waals surface area contributed by atoms with Gasteiger partial charge in [-0.15, -0.1) is 13.2 Å². The van der Waals surface area contributed by atoms with Crippen LogP contribution in [0.5, 0.6) is 17.4 Å². The number of anilines is 5. The van der Waals surface area contributed by atoms with Gasteiger partial charge in [0, 0.05) is 98.6 Å². The maximum Gasteiger partial charge on any atom is 0.573 e. The molecule has 602 valence electrons. The highest BCUT2D eigenvalue weighted by Crippen LogP contribution is 2.42. The molecule has 28 nitrogen and oxygen atoms in total. The summed E-state index contributed by atoms with van der Waals surface area (Å²) < 4.78 is 171. The van der Waals surface area contributed by atoms with Gasteiger partial charge < -0.3 is 50.4 Å². The van der Waals surface area contributed by atoms with Crippen LogP contribution < -0.4 is 59.9 Å². The van der Waals surface area contributed by atoms with E-state index in [9.17, 15) is 61.6 Å². The van der Waals surface area contributed by atoms with Gasteiger partial charge in [-0.25, -0.2) is 37.9 Å². The van der Waals surface area contributed by atoms with Crippen LogP contribution in [0.15, 0.2) is 126 Å². The first kappa shape index (κ1) is 85.4. The van der Waals surface area contributed by atoms with Crippen molar-refractivity contribution >= 4 is 76.9 Å². The monoisotopic (exact) mass is 1610 g/mol. The number of sulfonamides is 2. The summed E-state index contributed by atoms with van der Waals surface area (Å²) in [5, 5.41) is 2.35. The number of carbonyl (C=O) groups is 3. The highest BCUT2D eigenvalue weighted by molar-refractivity contribution is 7.90. The number of rotatable bonds is 25. The van der Waals surface area contributed by atoms with Crippen LogP contribution in [0.1, 0.15) is 145 Å². The van der Waals surface area contributed by atoms with Gasteiger partial charge in [-0.2, -0.15) is 34.5 Å². The predicted octanol–water partition coefficient (Wildman–Crippen LogP) is 10.4. The number of nitrogen functional groups attached to an aromatic ring is 2. The number of amides is 3. The highest BCUT2D eigenvalue weighted by atomic mass is 32.2. The van der Waals surface area contributed by atoms with E-state index in [-0.39, 0.29) is 86.6 Å². The Balaban J connectivity index is 0.000000192. The van der Waals surface area contributed by atoms with Crippen molar-refractivity contribution in [3.8, 4) is 28.6 Å². The lowest BCUT2D eigenvalue weighted by Crippen LogP contribution is -2.45. The van der Waals surface area contributed by atoms with Crippen molar-refractivity contribution in [1.82, 2.24) is 48.7 Å². The third-order valence-electron chi connectivity index (χ3n) is 18.7. The number of pyridine rings is 5. The van der Waals surface area contributed by atoms with Crippen molar-refractivity contribution in [3.63, 3.8) is 0 Å². The van der Waals surface area contributed by atoms with Crippen LogP contribution in [0.4, 0.5) is 50.9 Å². The summed E-state index contributed by atoms with van der Waals surface area (Å²) in [6.45, 7) is 28.6. The SMILES string of the molecule is CC(C)COc1cc(F)cc(-c2cc(N3C[C@@H](C)CC3(C)C)c(C(=O)NS(=O)(=O)c3cccc(N)n3)cn2)c1.CCOCCOc1ccc(C(=O)NS(=O)(=O)c2cccc(N)n2)c(N2C[C@@H](C)CC2(C)C)n1.C[C@@H]1CN(c2ncccc2C(=O)NS(=O)(=O)N2CC[C@@H](NCc3ccc(F)c(OC(F)(F)F)c3)C2)C(C)(C)C1. The molecule has 3 amide bonds. The van der Waals surface area contributed by atoms with Crippen LogP contribution in [-0.4, -0.2) is 160 Å². The summed E-state index contributed by atoms with van der Waals surface area (Å²) in [4.78, 5) is 66.8. The maximum atomic E-state index is 14.5. The molecule has 4 saturated heterocycles. The zero-order valence-corrected chi connectivity index (χ0v) is 66.3. The summed E-state index contributed by atoms with van der Waals surface area (Å²) in [6.07, 6.45) is 0.926. The van der Waals surface area contributed by atoms with Crippen LogP contribution in [0.3, 0.4) is 0 Å². The second-order valence-electron chi connectivity index (χ2n) is 30.2. The van der Waals surface area contributed by atoms with Crippen molar-refractivity contribution in [2.24, 2.45) is 23.7 Å². The average Bonchev–Trinajstić information content (AvgIpc) is 1.79. The molecular weight excluding hydrogens is 1510 g/mol. The van der Waals surface area contributed by atoms with Crippen molar-refractivity contribution in [2.45, 2.75) is 154 Å². The molecule has 0 unspecified atom stereocenters. The minimum Gasteiger partial charge on any atom is -0.493 e. The molecule has 8 N–H and O–H groups in total. The van der Waals surface area contributed by atoms with E-state index < -0.39 is 71.7 Å². The normalized spacial score (nSPS) is 18.8. The number of carbonyl (C=O) groups excluding carboxylic acids is 3. The second-order valence-corrected chi connectivity index (χ2v) is 35.2. The molecule has 0 radical (unpaired) electrons. The van der Waals surface area contributed by atoms with Crippen LogP contribution in [-0.2, 0) is 41.5 Å². The number of aromatic nitrogens is 5. The lowest BCUT2D eigenvalue weighted by Gasteiger charge is -2.35. The number of alkyl halides is 3. The van der Waals surface area contributed by atoms with E-state index in [1.807, 2.05) is 30.6 Å². The van der Waals surface area contributed by atoms with Crippen LogP contribution in [0.2, 0.25) is 0 Å². The molecule has 0 spiro atoms. The van der Waals surface area contributed by atoms with Crippen molar-refractivity contribution in [1.29, 1.82) is 0 Å². The van der Waals surface area contributed by atoms with Crippen molar-refractivity contribution in [3.05, 3.63) is 149 Å². The summed E-state index contributed by atoms with van der Waals surface area (Å²) in [5.41, 5.74) is 12.5. The zero-order valence-electron chi connectivity index (χ0n) is 63.9. The van der Waals surface area contributed by atoms with E-state index in [4.69, 9.17) is 25.7 Å². The molecule has 4 aliphatic rings. The van der Waals surface area contributed by atoms with Gasteiger partial charge in [-0.1, -0.05) is 52.8 Å². The van der Waals surface area contributed by atoms with Crippen molar-refractivity contribution in [2.75, 3.05) is 85.3 Å². The van der Waals surface area contributed by atoms with E-state index in [0.29, 0.717) is 116 Å². The molecule has 36 heteroatoms. The predicted molar refractivity (Wildman–Crippen MR) is 409 cm³/mol. The lowest BCUT2D eigenvalue weighted by molar-refractivity contribution is -0.275. The van der Waals surface area contributed by atoms with E-state index in [1.165, 1.54) is 66.9 Å². The van der Waals surface area contributed by atoms with Gasteiger partial charge in [0.1, 0.15) is 41.4 Å². The van der Waals surface area contributed by atoms with Crippen LogP contribution in [0, 0.1) is 35.3 Å². The topological polar surface area (TPSA) is 368 Å². The minimum atomic E-state index is -5.03. The molecule has 5 aromatic heterocycles. The minimum absolute atomic E-state index is 0.0108. The van der Waals surface area contributed by atoms with Crippen LogP contribution >= 0.6 is 0 Å². The summed E-state index contributed by atoms with van der Waals surface area (Å²) >= 11 is 0. The number of nitrogens with two attached hydrogens (primary N) is 2. The molecule has 111 heavy (non-hydrogen) atoms. The van der Waals surface area contributed by atoms with Gasteiger partial charge in [0.05, 0.1) is 41.3 Å². The molecule has 9 heterocycles. The number of ether oxygens (including phenoxy) is 4. The summed E-state index contributed by atoms with van der Waals surface area (Å²) in [7, 11) is -12.7. The van der Waals surface area contributed by atoms with E-state index in [1.54, 1.807) is 36.5 Å². The largest absolute Gasteiger partial charge is 0.573 e. The van der Waals surface area contributed by atoms with Gasteiger partial charge in [0.15, 0.2) is 21.6 Å². The molecule has 4 aliphatic heterocycles. The Labute approximate surface area is 644 Å². The third kappa shape index (κ3) is 22.4.